The molecule has 0 saturated carbocycles. The molecule has 3 amide bonds. The lowest BCUT2D eigenvalue weighted by atomic mass is 10.1. The van der Waals surface area contributed by atoms with Crippen LogP contribution in [0.2, 0.25) is 0 Å². The van der Waals surface area contributed by atoms with Gasteiger partial charge >= 0.3 is 18.1 Å². The smallest absolute Gasteiger partial charge is 0.410 e. The molecule has 1 aromatic carbocycles. The number of urea groups is 1. The van der Waals surface area contributed by atoms with Crippen LogP contribution in [0.4, 0.5) is 15.3 Å². The number of rotatable bonds is 4. The second kappa shape index (κ2) is 8.99. The summed E-state index contributed by atoms with van der Waals surface area (Å²) in [5, 5.41) is 0. The minimum absolute atomic E-state index is 0.0557. The van der Waals surface area contributed by atoms with E-state index in [0.717, 1.165) is 11.3 Å². The third kappa shape index (κ3) is 5.37. The number of hydrogen-bond acceptors (Lipinski definition) is 5. The molecule has 0 aromatic heterocycles. The summed E-state index contributed by atoms with van der Waals surface area (Å²) in [7, 11) is 0. The van der Waals surface area contributed by atoms with Gasteiger partial charge in [-0.15, -0.1) is 0 Å². The summed E-state index contributed by atoms with van der Waals surface area (Å²) in [5.74, 6) is -0.340. The fraction of sp³-hybridized carbons (Fsp3) is 0.522. The predicted octanol–water partition coefficient (Wildman–Crippen LogP) is 3.51. The number of piperazine rings is 1. The van der Waals surface area contributed by atoms with Crippen molar-refractivity contribution in [1.29, 1.82) is 0 Å². The average molecular weight is 430 g/mol. The summed E-state index contributed by atoms with van der Waals surface area (Å²) in [6.07, 6.45) is 1.42. The highest BCUT2D eigenvalue weighted by Gasteiger charge is 2.42. The fourth-order valence-electron chi connectivity index (χ4n) is 3.72. The van der Waals surface area contributed by atoms with Crippen molar-refractivity contribution < 1.29 is 23.9 Å². The molecule has 0 aliphatic carbocycles. The SMILES string of the molecule is CCOC(=O)/C(C)=C/c1ccc(N2CC3CN(C(=O)OC(C)(C)C)CCN3C2=O)cc1. The Morgan fingerprint density at radius 2 is 1.81 bits per heavy atom. The van der Waals surface area contributed by atoms with Crippen LogP contribution in [0.25, 0.3) is 6.08 Å². The third-order valence-corrected chi connectivity index (χ3v) is 5.19. The van der Waals surface area contributed by atoms with Crippen LogP contribution in [-0.4, -0.2) is 72.3 Å². The standard InChI is InChI=1S/C23H31N3O5/c1-6-30-20(27)16(2)13-17-7-9-18(10-8-17)26-15-19-14-24(11-12-25(19)21(26)28)22(29)31-23(3,4)5/h7-10,13,19H,6,11-12,14-15H2,1-5H3/b16-13+. The molecule has 2 fully saturated rings. The summed E-state index contributed by atoms with van der Waals surface area (Å²) >= 11 is 0. The Morgan fingerprint density at radius 3 is 2.42 bits per heavy atom. The molecule has 2 heterocycles. The molecule has 8 heteroatoms. The molecule has 3 rings (SSSR count). The lowest BCUT2D eigenvalue weighted by Crippen LogP contribution is -2.54. The fourth-order valence-corrected chi connectivity index (χ4v) is 3.72. The van der Waals surface area contributed by atoms with Crippen LogP contribution < -0.4 is 4.90 Å². The molecular formula is C23H31N3O5. The summed E-state index contributed by atoms with van der Waals surface area (Å²) < 4.78 is 10.5. The van der Waals surface area contributed by atoms with Crippen molar-refractivity contribution in [3.63, 3.8) is 0 Å². The van der Waals surface area contributed by atoms with Crippen molar-refractivity contribution in [3.8, 4) is 0 Å². The zero-order chi connectivity index (χ0) is 22.8. The molecule has 31 heavy (non-hydrogen) atoms. The van der Waals surface area contributed by atoms with E-state index in [1.165, 1.54) is 0 Å². The minimum atomic E-state index is -0.548. The third-order valence-electron chi connectivity index (χ3n) is 5.19. The number of anilines is 1. The zero-order valence-electron chi connectivity index (χ0n) is 18.9. The van der Waals surface area contributed by atoms with E-state index in [1.54, 1.807) is 29.7 Å². The number of carbonyl (C=O) groups excluding carboxylic acids is 3. The van der Waals surface area contributed by atoms with Gasteiger partial charge in [-0.2, -0.15) is 0 Å². The molecule has 1 aromatic rings. The molecule has 0 spiro atoms. The van der Waals surface area contributed by atoms with E-state index < -0.39 is 5.60 Å². The maximum atomic E-state index is 12.9. The first kappa shape index (κ1) is 22.7. The van der Waals surface area contributed by atoms with E-state index in [2.05, 4.69) is 0 Å². The first-order chi connectivity index (χ1) is 14.6. The van der Waals surface area contributed by atoms with Crippen LogP contribution in [0.15, 0.2) is 29.8 Å². The van der Waals surface area contributed by atoms with Gasteiger partial charge in [0.15, 0.2) is 0 Å². The normalized spacial score (nSPS) is 19.4. The molecule has 0 bridgehead atoms. The Hall–Kier alpha value is -3.03. The van der Waals surface area contributed by atoms with Gasteiger partial charge in [-0.25, -0.2) is 14.4 Å². The molecule has 0 N–H and O–H groups in total. The summed E-state index contributed by atoms with van der Waals surface area (Å²) in [5.41, 5.74) is 1.61. The number of amides is 3. The highest BCUT2D eigenvalue weighted by atomic mass is 16.6. The second-order valence-electron chi connectivity index (χ2n) is 8.81. The number of ether oxygens (including phenoxy) is 2. The molecule has 2 saturated heterocycles. The maximum absolute atomic E-state index is 12.9. The van der Waals surface area contributed by atoms with E-state index in [4.69, 9.17) is 9.47 Å². The molecule has 1 unspecified atom stereocenters. The Kier molecular flexibility index (Phi) is 6.57. The number of hydrogen-bond donors (Lipinski definition) is 0. The van der Waals surface area contributed by atoms with Crippen LogP contribution in [0.1, 0.15) is 40.2 Å². The molecule has 0 radical (unpaired) electrons. The number of esters is 1. The van der Waals surface area contributed by atoms with E-state index in [0.29, 0.717) is 38.4 Å². The van der Waals surface area contributed by atoms with Gasteiger partial charge < -0.3 is 19.3 Å². The van der Waals surface area contributed by atoms with Crippen molar-refractivity contribution in [2.75, 3.05) is 37.7 Å². The first-order valence-electron chi connectivity index (χ1n) is 10.6. The van der Waals surface area contributed by atoms with Gasteiger partial charge in [-0.1, -0.05) is 12.1 Å². The molecule has 1 atom stereocenters. The van der Waals surface area contributed by atoms with Crippen molar-refractivity contribution in [1.82, 2.24) is 9.80 Å². The van der Waals surface area contributed by atoms with Gasteiger partial charge in [0.2, 0.25) is 0 Å². The van der Waals surface area contributed by atoms with Gasteiger partial charge in [-0.05, 0) is 58.4 Å². The topological polar surface area (TPSA) is 79.4 Å². The van der Waals surface area contributed by atoms with Crippen LogP contribution in [0, 0.1) is 0 Å². The van der Waals surface area contributed by atoms with Gasteiger partial charge in [0.1, 0.15) is 5.60 Å². The lowest BCUT2D eigenvalue weighted by molar-refractivity contribution is -0.138. The van der Waals surface area contributed by atoms with Crippen LogP contribution in [-0.2, 0) is 14.3 Å². The van der Waals surface area contributed by atoms with E-state index in [9.17, 15) is 14.4 Å². The predicted molar refractivity (Wildman–Crippen MR) is 118 cm³/mol. The van der Waals surface area contributed by atoms with Gasteiger partial charge in [0.05, 0.1) is 12.6 Å². The quantitative estimate of drug-likeness (QED) is 0.541. The Bertz CT molecular complexity index is 872. The van der Waals surface area contributed by atoms with Crippen molar-refractivity contribution in [2.24, 2.45) is 0 Å². The van der Waals surface area contributed by atoms with Gasteiger partial charge in [0, 0.05) is 37.4 Å². The lowest BCUT2D eigenvalue weighted by Gasteiger charge is -2.36. The van der Waals surface area contributed by atoms with Crippen LogP contribution in [0.5, 0.6) is 0 Å². The van der Waals surface area contributed by atoms with Gasteiger partial charge in [-0.3, -0.25) is 4.90 Å². The number of carbonyl (C=O) groups is 3. The number of nitrogens with zero attached hydrogens (tertiary/aromatic N) is 3. The monoisotopic (exact) mass is 429 g/mol. The molecule has 2 aliphatic heterocycles. The molecule has 168 valence electrons. The zero-order valence-corrected chi connectivity index (χ0v) is 18.9. The largest absolute Gasteiger partial charge is 0.463 e. The summed E-state index contributed by atoms with van der Waals surface area (Å²) in [6, 6.07) is 7.35. The van der Waals surface area contributed by atoms with E-state index in [1.807, 2.05) is 49.9 Å². The van der Waals surface area contributed by atoms with Crippen molar-refractivity contribution >= 4 is 29.9 Å². The Balaban J connectivity index is 1.66. The minimum Gasteiger partial charge on any atom is -0.463 e. The van der Waals surface area contributed by atoms with E-state index in [-0.39, 0.29) is 24.1 Å². The molecule has 8 nitrogen and oxygen atoms in total. The van der Waals surface area contributed by atoms with Crippen molar-refractivity contribution in [3.05, 3.63) is 35.4 Å². The maximum Gasteiger partial charge on any atom is 0.410 e. The molecule has 2 aliphatic rings. The van der Waals surface area contributed by atoms with E-state index >= 15 is 0 Å². The van der Waals surface area contributed by atoms with Gasteiger partial charge in [0.25, 0.3) is 0 Å². The first-order valence-corrected chi connectivity index (χ1v) is 10.6. The highest BCUT2D eigenvalue weighted by molar-refractivity contribution is 5.95. The summed E-state index contributed by atoms with van der Waals surface area (Å²) in [6.45, 7) is 11.3. The number of benzene rings is 1. The average Bonchev–Trinajstić information content (AvgIpc) is 3.03. The Labute approximate surface area is 183 Å². The van der Waals surface area contributed by atoms with Crippen LogP contribution >= 0.6 is 0 Å². The number of fused-ring (bicyclic) bond motifs is 1. The molecular weight excluding hydrogens is 398 g/mol. The summed E-state index contributed by atoms with van der Waals surface area (Å²) in [4.78, 5) is 42.3. The Morgan fingerprint density at radius 1 is 1.13 bits per heavy atom. The van der Waals surface area contributed by atoms with Crippen molar-refractivity contribution in [2.45, 2.75) is 46.3 Å². The van der Waals surface area contributed by atoms with Crippen LogP contribution in [0.3, 0.4) is 0 Å². The highest BCUT2D eigenvalue weighted by Crippen LogP contribution is 2.27. The second-order valence-corrected chi connectivity index (χ2v) is 8.81.